The molecule has 5 rings (SSSR count). The van der Waals surface area contributed by atoms with Crippen LogP contribution in [0.15, 0.2) is 114 Å². The molecule has 48 heavy (non-hydrogen) atoms. The summed E-state index contributed by atoms with van der Waals surface area (Å²) in [5, 5.41) is 0.991. The average Bonchev–Trinajstić information content (AvgIpc) is 3.09. The number of hydrogen-bond acceptors (Lipinski definition) is 8. The Kier molecular flexibility index (Phi) is 11.8. The molecule has 0 unspecified atom stereocenters. The smallest absolute Gasteiger partial charge is 0.337 e. The molecule has 0 saturated carbocycles. The largest absolute Gasteiger partial charge is 0.744 e. The molecule has 0 atom stereocenters. The minimum Gasteiger partial charge on any atom is -0.744 e. The van der Waals surface area contributed by atoms with Crippen LogP contribution in [0.4, 0.5) is 5.69 Å². The number of carbonyl (C=O) groups is 2. The van der Waals surface area contributed by atoms with Gasteiger partial charge in [0.05, 0.1) is 30.2 Å². The molecule has 3 aromatic carbocycles. The van der Waals surface area contributed by atoms with E-state index in [0.29, 0.717) is 11.1 Å². The van der Waals surface area contributed by atoms with E-state index in [1.165, 1.54) is 26.4 Å². The van der Waals surface area contributed by atoms with E-state index in [1.807, 2.05) is 61.6 Å². The van der Waals surface area contributed by atoms with Crippen LogP contribution in [0.3, 0.4) is 0 Å². The predicted octanol–water partition coefficient (Wildman–Crippen LogP) is 6.63. The monoisotopic (exact) mass is 666 g/mol. The number of likely N-dealkylation sites (N-methyl/N-ethyl adjacent to an activating group) is 1. The third-order valence-corrected chi connectivity index (χ3v) is 8.52. The number of rotatable bonds is 8. The zero-order chi connectivity index (χ0) is 34.8. The van der Waals surface area contributed by atoms with Crippen molar-refractivity contribution in [2.75, 3.05) is 25.7 Å². The van der Waals surface area contributed by atoms with E-state index in [-0.39, 0.29) is 16.8 Å². The quantitative estimate of drug-likeness (QED) is 0.0891. The zero-order valence-corrected chi connectivity index (χ0v) is 28.4. The Hall–Kier alpha value is -5.32. The van der Waals surface area contributed by atoms with E-state index in [4.69, 9.17) is 9.47 Å². The molecular weight excluding hydrogens is 628 g/mol. The number of aromatic nitrogens is 1. The second kappa shape index (κ2) is 16.0. The SMILES string of the molecule is CCN1\C(=C/C=C/C=C/c2ccc3cc(C(=O)OC)ccc3[n+]2CC)C=Cc2cc(C(=O)OC)ccc21.Cc1ccc(S(=O)(=O)[O-])cc1. The van der Waals surface area contributed by atoms with Crippen LogP contribution >= 0.6 is 0 Å². The fourth-order valence-electron chi connectivity index (χ4n) is 5.24. The molecule has 0 radical (unpaired) electrons. The number of esters is 2. The van der Waals surface area contributed by atoms with Gasteiger partial charge in [-0.05, 0) is 87.0 Å². The average molecular weight is 667 g/mol. The standard InChI is InChI=1S/C31H31N2O4.C7H8O3S/c1-5-32-26(16-12-22-20-24(30(34)36-3)14-18-28(22)32)10-8-7-9-11-27-17-13-23-21-25(31(35)37-4)15-19-29(23)33(27)6-2;1-6-2-4-7(5-3-6)11(8,9)10/h7-21H,5-6H2,1-4H3;2-5H,1H3,(H,8,9,10)/q+1;/p-1. The van der Waals surface area contributed by atoms with Gasteiger partial charge in [-0.3, -0.25) is 0 Å². The fraction of sp³-hybridized carbons (Fsp3) is 0.184. The molecule has 248 valence electrons. The molecule has 2 heterocycles. The molecule has 9 nitrogen and oxygen atoms in total. The summed E-state index contributed by atoms with van der Waals surface area (Å²) in [5.74, 6) is -0.672. The zero-order valence-electron chi connectivity index (χ0n) is 27.5. The van der Waals surface area contributed by atoms with E-state index in [0.717, 1.165) is 52.2 Å². The number of ether oxygens (including phenoxy) is 2. The third-order valence-electron chi connectivity index (χ3n) is 7.67. The van der Waals surface area contributed by atoms with Gasteiger partial charge in [-0.15, -0.1) is 0 Å². The molecule has 0 fully saturated rings. The molecular formula is C38H38N2O7S. The molecule has 0 spiro atoms. The molecule has 0 bridgehead atoms. The van der Waals surface area contributed by atoms with Crippen LogP contribution in [0.5, 0.6) is 0 Å². The Labute approximate surface area is 281 Å². The molecule has 4 aromatic rings. The highest BCUT2D eigenvalue weighted by atomic mass is 32.2. The van der Waals surface area contributed by atoms with Crippen LogP contribution < -0.4 is 9.47 Å². The molecule has 0 saturated heterocycles. The van der Waals surface area contributed by atoms with Crippen LogP contribution in [-0.2, 0) is 26.1 Å². The maximum absolute atomic E-state index is 11.9. The molecule has 1 aliphatic heterocycles. The van der Waals surface area contributed by atoms with Crippen molar-refractivity contribution in [2.45, 2.75) is 32.2 Å². The van der Waals surface area contributed by atoms with Crippen LogP contribution in [0, 0.1) is 6.92 Å². The topological polar surface area (TPSA) is 117 Å². The van der Waals surface area contributed by atoms with Crippen molar-refractivity contribution >= 4 is 50.8 Å². The van der Waals surface area contributed by atoms with Crippen LogP contribution in [0.2, 0.25) is 0 Å². The van der Waals surface area contributed by atoms with E-state index in [2.05, 4.69) is 47.6 Å². The second-order valence-electron chi connectivity index (χ2n) is 10.7. The first-order valence-electron chi connectivity index (χ1n) is 15.3. The van der Waals surface area contributed by atoms with Gasteiger partial charge in [0, 0.05) is 41.5 Å². The van der Waals surface area contributed by atoms with Crippen LogP contribution in [0.25, 0.3) is 23.1 Å². The fourth-order valence-corrected chi connectivity index (χ4v) is 5.71. The Bertz CT molecular complexity index is 2040. The first-order valence-corrected chi connectivity index (χ1v) is 16.7. The number of nitrogens with zero attached hydrogens (tertiary/aromatic N) is 2. The summed E-state index contributed by atoms with van der Waals surface area (Å²) < 4.78 is 43.1. The first-order chi connectivity index (χ1) is 23.0. The molecule has 0 aliphatic carbocycles. The minimum atomic E-state index is -4.27. The van der Waals surface area contributed by atoms with E-state index < -0.39 is 10.1 Å². The lowest BCUT2D eigenvalue weighted by atomic mass is 10.0. The lowest BCUT2D eigenvalue weighted by molar-refractivity contribution is -0.669. The predicted molar refractivity (Wildman–Crippen MR) is 186 cm³/mol. The lowest BCUT2D eigenvalue weighted by Gasteiger charge is -2.29. The van der Waals surface area contributed by atoms with Crippen molar-refractivity contribution in [1.82, 2.24) is 0 Å². The van der Waals surface area contributed by atoms with Gasteiger partial charge in [0.1, 0.15) is 16.7 Å². The number of pyridine rings is 1. The van der Waals surface area contributed by atoms with Gasteiger partial charge in [-0.2, -0.15) is 4.57 Å². The summed E-state index contributed by atoms with van der Waals surface area (Å²) >= 11 is 0. The number of carbonyl (C=O) groups excluding carboxylic acids is 2. The maximum Gasteiger partial charge on any atom is 0.337 e. The molecule has 1 aliphatic rings. The van der Waals surface area contributed by atoms with Gasteiger partial charge in [-0.25, -0.2) is 18.0 Å². The van der Waals surface area contributed by atoms with Crippen molar-refractivity contribution in [3.05, 3.63) is 137 Å². The van der Waals surface area contributed by atoms with E-state index >= 15 is 0 Å². The highest BCUT2D eigenvalue weighted by molar-refractivity contribution is 7.85. The summed E-state index contributed by atoms with van der Waals surface area (Å²) in [7, 11) is -1.49. The Morgan fingerprint density at radius 2 is 1.50 bits per heavy atom. The normalized spacial score (nSPS) is 13.5. The number of fused-ring (bicyclic) bond motifs is 2. The summed E-state index contributed by atoms with van der Waals surface area (Å²) in [6, 6.07) is 21.1. The van der Waals surface area contributed by atoms with Gasteiger partial charge in [0.2, 0.25) is 11.2 Å². The molecule has 1 aromatic heterocycles. The second-order valence-corrected chi connectivity index (χ2v) is 12.1. The van der Waals surface area contributed by atoms with Gasteiger partial charge < -0.3 is 18.9 Å². The lowest BCUT2D eigenvalue weighted by Crippen LogP contribution is -2.36. The van der Waals surface area contributed by atoms with Gasteiger partial charge in [-0.1, -0.05) is 42.0 Å². The Balaban J connectivity index is 0.000000401. The van der Waals surface area contributed by atoms with Crippen LogP contribution in [-0.4, -0.2) is 45.7 Å². The highest BCUT2D eigenvalue weighted by Gasteiger charge is 2.18. The molecule has 0 amide bonds. The summed E-state index contributed by atoms with van der Waals surface area (Å²) in [5.41, 5.74) is 7.26. The summed E-state index contributed by atoms with van der Waals surface area (Å²) in [4.78, 5) is 25.8. The maximum atomic E-state index is 11.9. The number of allylic oxidation sites excluding steroid dienone is 5. The third kappa shape index (κ3) is 8.52. The van der Waals surface area contributed by atoms with Gasteiger partial charge in [0.25, 0.3) is 0 Å². The van der Waals surface area contributed by atoms with Crippen molar-refractivity contribution in [3.8, 4) is 0 Å². The Morgan fingerprint density at radius 3 is 2.12 bits per heavy atom. The van der Waals surface area contributed by atoms with Crippen LogP contribution in [0.1, 0.15) is 51.4 Å². The highest BCUT2D eigenvalue weighted by Crippen LogP contribution is 2.31. The number of hydrogen-bond donors (Lipinski definition) is 0. The first kappa shape index (κ1) is 35.5. The number of benzene rings is 3. The number of methoxy groups -OCH3 is 2. The van der Waals surface area contributed by atoms with Gasteiger partial charge >= 0.3 is 11.9 Å². The van der Waals surface area contributed by atoms with Crippen molar-refractivity contribution in [3.63, 3.8) is 0 Å². The van der Waals surface area contributed by atoms with Crippen molar-refractivity contribution in [2.24, 2.45) is 0 Å². The molecule has 0 N–H and O–H groups in total. The summed E-state index contributed by atoms with van der Waals surface area (Å²) in [6.07, 6.45) is 14.3. The molecule has 10 heteroatoms. The minimum absolute atomic E-state index is 0.178. The van der Waals surface area contributed by atoms with E-state index in [1.54, 1.807) is 24.3 Å². The van der Waals surface area contributed by atoms with E-state index in [9.17, 15) is 22.6 Å². The van der Waals surface area contributed by atoms with Crippen molar-refractivity contribution < 1.29 is 36.6 Å². The van der Waals surface area contributed by atoms with Crippen molar-refractivity contribution in [1.29, 1.82) is 0 Å². The number of anilines is 1. The Morgan fingerprint density at radius 1 is 0.833 bits per heavy atom. The van der Waals surface area contributed by atoms with Gasteiger partial charge in [0.15, 0.2) is 0 Å². The number of aryl methyl sites for hydroxylation is 2. The summed E-state index contributed by atoms with van der Waals surface area (Å²) in [6.45, 7) is 7.63.